The number of nitrogens with two attached hydrogens (primary N) is 1. The maximum atomic E-state index is 12.8. The van der Waals surface area contributed by atoms with Crippen LogP contribution in [0.3, 0.4) is 0 Å². The Morgan fingerprint density at radius 2 is 2.00 bits per heavy atom. The van der Waals surface area contributed by atoms with Gasteiger partial charge in [0.2, 0.25) is 15.8 Å². The fraction of sp³-hybridized carbons (Fsp3) is 0.238. The van der Waals surface area contributed by atoms with Crippen molar-refractivity contribution in [2.24, 2.45) is 5.14 Å². The van der Waals surface area contributed by atoms with Gasteiger partial charge in [0.25, 0.3) is 5.91 Å². The molecule has 2 aromatic carbocycles. The number of amides is 1. The molecule has 0 aliphatic carbocycles. The van der Waals surface area contributed by atoms with Crippen molar-refractivity contribution in [2.75, 3.05) is 11.5 Å². The Hall–Kier alpha value is -2.88. The van der Waals surface area contributed by atoms with E-state index in [0.717, 1.165) is 0 Å². The van der Waals surface area contributed by atoms with Crippen molar-refractivity contribution in [2.45, 2.75) is 31.2 Å². The van der Waals surface area contributed by atoms with Gasteiger partial charge in [0, 0.05) is 27.7 Å². The Bertz CT molecular complexity index is 1330. The number of aryl methyl sites for hydroxylation is 1. The van der Waals surface area contributed by atoms with Gasteiger partial charge in [-0.2, -0.15) is 0 Å². The van der Waals surface area contributed by atoms with Gasteiger partial charge in [-0.3, -0.25) is 4.79 Å². The van der Waals surface area contributed by atoms with E-state index < -0.39 is 28.5 Å². The molecule has 0 radical (unpaired) electrons. The third-order valence-electron chi connectivity index (χ3n) is 5.27. The van der Waals surface area contributed by atoms with Crippen LogP contribution in [0.4, 0.5) is 5.69 Å². The normalized spacial score (nSPS) is 15.9. The summed E-state index contributed by atoms with van der Waals surface area (Å²) in [5.74, 6) is -1.17. The minimum absolute atomic E-state index is 0.0118. The van der Waals surface area contributed by atoms with Crippen molar-refractivity contribution < 1.29 is 27.2 Å². The number of carbonyl (C=O) groups excluding carboxylic acids is 2. The van der Waals surface area contributed by atoms with E-state index in [0.29, 0.717) is 39.2 Å². The average Bonchev–Trinajstić information content (AvgIpc) is 3.21. The van der Waals surface area contributed by atoms with E-state index in [1.54, 1.807) is 25.1 Å². The predicted molar refractivity (Wildman–Crippen MR) is 115 cm³/mol. The van der Waals surface area contributed by atoms with Crippen molar-refractivity contribution in [3.63, 3.8) is 0 Å². The molecular formula is C21H19ClN2O6S. The fourth-order valence-corrected chi connectivity index (χ4v) is 4.55. The van der Waals surface area contributed by atoms with Crippen molar-refractivity contribution in [1.82, 2.24) is 0 Å². The standard InChI is InChI=1S/C21H19ClN2O6S/c1-11-7-13-8-15(31(23,27)28)4-5-17(13)24(11)19(25)10-29-21(26)20-12(2)16-9-14(22)3-6-18(16)30-20/h3-6,8-9,11H,7,10H2,1-2H3,(H2,23,27,28). The number of nitrogens with zero attached hydrogens (tertiary/aromatic N) is 1. The lowest BCUT2D eigenvalue weighted by molar-refractivity contribution is -0.122. The molecule has 0 spiro atoms. The summed E-state index contributed by atoms with van der Waals surface area (Å²) in [6.07, 6.45) is 0.460. The van der Waals surface area contributed by atoms with Crippen molar-refractivity contribution in [1.29, 1.82) is 0 Å². The summed E-state index contributed by atoms with van der Waals surface area (Å²) in [7, 11) is -3.84. The molecule has 10 heteroatoms. The molecule has 0 fully saturated rings. The van der Waals surface area contributed by atoms with Crippen LogP contribution in [0, 0.1) is 6.92 Å². The van der Waals surface area contributed by atoms with E-state index in [1.807, 2.05) is 6.92 Å². The molecule has 31 heavy (non-hydrogen) atoms. The molecule has 1 unspecified atom stereocenters. The number of furan rings is 1. The summed E-state index contributed by atoms with van der Waals surface area (Å²) < 4.78 is 33.9. The van der Waals surface area contributed by atoms with Gasteiger partial charge >= 0.3 is 5.97 Å². The smallest absolute Gasteiger partial charge is 0.375 e. The highest BCUT2D eigenvalue weighted by Gasteiger charge is 2.32. The van der Waals surface area contributed by atoms with Crippen LogP contribution in [0.15, 0.2) is 45.7 Å². The highest BCUT2D eigenvalue weighted by atomic mass is 35.5. The van der Waals surface area contributed by atoms with Crippen LogP contribution in [0.1, 0.15) is 28.6 Å². The van der Waals surface area contributed by atoms with Crippen LogP contribution >= 0.6 is 11.6 Å². The molecule has 8 nitrogen and oxygen atoms in total. The summed E-state index contributed by atoms with van der Waals surface area (Å²) in [5, 5.41) is 6.39. The van der Waals surface area contributed by atoms with E-state index in [-0.39, 0.29) is 16.7 Å². The zero-order chi connectivity index (χ0) is 22.5. The van der Waals surface area contributed by atoms with E-state index in [1.165, 1.54) is 23.1 Å². The number of halogens is 1. The van der Waals surface area contributed by atoms with Gasteiger partial charge in [0.1, 0.15) is 5.58 Å². The van der Waals surface area contributed by atoms with Gasteiger partial charge in [-0.25, -0.2) is 18.4 Å². The number of fused-ring (bicyclic) bond motifs is 2. The molecule has 162 valence electrons. The van der Waals surface area contributed by atoms with E-state index >= 15 is 0 Å². The number of sulfonamides is 1. The number of anilines is 1. The molecule has 4 rings (SSSR count). The fourth-order valence-electron chi connectivity index (χ4n) is 3.81. The molecule has 1 amide bonds. The van der Waals surface area contributed by atoms with Gasteiger partial charge in [0.15, 0.2) is 6.61 Å². The zero-order valence-corrected chi connectivity index (χ0v) is 18.3. The molecule has 1 aliphatic heterocycles. The van der Waals surface area contributed by atoms with Gasteiger partial charge in [-0.05, 0) is 62.2 Å². The topological polar surface area (TPSA) is 120 Å². The van der Waals surface area contributed by atoms with Crippen molar-refractivity contribution >= 4 is 50.2 Å². The molecule has 2 heterocycles. The zero-order valence-electron chi connectivity index (χ0n) is 16.7. The number of primary sulfonamides is 1. The third kappa shape index (κ3) is 3.91. The van der Waals surface area contributed by atoms with E-state index in [4.69, 9.17) is 25.9 Å². The second kappa shape index (κ2) is 7.67. The second-order valence-electron chi connectivity index (χ2n) is 7.43. The first-order valence-electron chi connectivity index (χ1n) is 9.40. The predicted octanol–water partition coefficient (Wildman–Crippen LogP) is 3.18. The quantitative estimate of drug-likeness (QED) is 0.594. The average molecular weight is 463 g/mol. The molecule has 3 aromatic rings. The lowest BCUT2D eigenvalue weighted by atomic mass is 10.1. The van der Waals surface area contributed by atoms with Crippen LogP contribution in [0.2, 0.25) is 5.02 Å². The van der Waals surface area contributed by atoms with Gasteiger partial charge in [-0.15, -0.1) is 0 Å². The lowest BCUT2D eigenvalue weighted by Crippen LogP contribution is -2.38. The number of carbonyl (C=O) groups is 2. The van der Waals surface area contributed by atoms with Crippen molar-refractivity contribution in [3.05, 3.63) is 58.3 Å². The van der Waals surface area contributed by atoms with Gasteiger partial charge in [-0.1, -0.05) is 11.6 Å². The number of hydrogen-bond acceptors (Lipinski definition) is 6. The highest BCUT2D eigenvalue weighted by Crippen LogP contribution is 2.34. The Balaban J connectivity index is 1.51. The molecule has 1 atom stereocenters. The first-order chi connectivity index (χ1) is 14.6. The van der Waals surface area contributed by atoms with Crippen LogP contribution in [-0.2, 0) is 26.0 Å². The first kappa shape index (κ1) is 21.4. The maximum absolute atomic E-state index is 12.8. The molecule has 0 saturated carbocycles. The Kier molecular flexibility index (Phi) is 5.28. The second-order valence-corrected chi connectivity index (χ2v) is 9.42. The van der Waals surface area contributed by atoms with Gasteiger partial charge < -0.3 is 14.1 Å². The number of benzene rings is 2. The summed E-state index contributed by atoms with van der Waals surface area (Å²) in [6, 6.07) is 9.11. The molecular weight excluding hydrogens is 444 g/mol. The Labute approximate surface area is 183 Å². The van der Waals surface area contributed by atoms with Gasteiger partial charge in [0.05, 0.1) is 4.90 Å². The SMILES string of the molecule is Cc1c(C(=O)OCC(=O)N2c3ccc(S(N)(=O)=O)cc3CC2C)oc2ccc(Cl)cc12. The van der Waals surface area contributed by atoms with Crippen LogP contribution < -0.4 is 10.0 Å². The number of esters is 1. The largest absolute Gasteiger partial charge is 0.450 e. The van der Waals surface area contributed by atoms with Crippen LogP contribution in [-0.4, -0.2) is 32.9 Å². The number of ether oxygens (including phenoxy) is 1. The molecule has 0 saturated heterocycles. The molecule has 2 N–H and O–H groups in total. The number of hydrogen-bond donors (Lipinski definition) is 1. The van der Waals surface area contributed by atoms with E-state index in [9.17, 15) is 18.0 Å². The monoisotopic (exact) mass is 462 g/mol. The number of rotatable bonds is 4. The lowest BCUT2D eigenvalue weighted by Gasteiger charge is -2.22. The molecule has 1 aliphatic rings. The summed E-state index contributed by atoms with van der Waals surface area (Å²) in [5.41, 5.74) is 2.32. The summed E-state index contributed by atoms with van der Waals surface area (Å²) in [6.45, 7) is 3.04. The Morgan fingerprint density at radius 3 is 2.71 bits per heavy atom. The minimum atomic E-state index is -3.84. The van der Waals surface area contributed by atoms with Crippen LogP contribution in [0.5, 0.6) is 0 Å². The summed E-state index contributed by atoms with van der Waals surface area (Å²) >= 11 is 6.00. The molecule has 0 bridgehead atoms. The van der Waals surface area contributed by atoms with Crippen LogP contribution in [0.25, 0.3) is 11.0 Å². The minimum Gasteiger partial charge on any atom is -0.450 e. The maximum Gasteiger partial charge on any atom is 0.375 e. The third-order valence-corrected chi connectivity index (χ3v) is 6.42. The Morgan fingerprint density at radius 1 is 1.26 bits per heavy atom. The first-order valence-corrected chi connectivity index (χ1v) is 11.3. The molecule has 1 aromatic heterocycles. The highest BCUT2D eigenvalue weighted by molar-refractivity contribution is 7.89. The summed E-state index contributed by atoms with van der Waals surface area (Å²) in [4.78, 5) is 26.8. The van der Waals surface area contributed by atoms with Crippen molar-refractivity contribution in [3.8, 4) is 0 Å². The van der Waals surface area contributed by atoms with E-state index in [2.05, 4.69) is 0 Å².